The van der Waals surface area contributed by atoms with Gasteiger partial charge in [-0.05, 0) is 45.0 Å². The molecule has 3 aromatic rings. The Morgan fingerprint density at radius 2 is 1.82 bits per heavy atom. The Balaban J connectivity index is 1.29. The second-order valence-corrected chi connectivity index (χ2v) is 8.27. The molecule has 1 N–H and O–H groups in total. The Kier molecular flexibility index (Phi) is 5.84. The average Bonchev–Trinajstić information content (AvgIpc) is 3.17. The molecule has 0 saturated carbocycles. The van der Waals surface area contributed by atoms with Crippen LogP contribution in [0.4, 0.5) is 10.8 Å². The standard InChI is InChI=1S/C23H25N3OS/c1-17-7-9-20(10-8-17)24-23-25-21(16-28-23)15-26-13-11-19(12-14-26)22(27)18-5-3-2-4-6-18/h2-10,16,19H,11-15H2,1H3,(H,24,25). The van der Waals surface area contributed by atoms with Crippen LogP contribution in [0.3, 0.4) is 0 Å². The van der Waals surface area contributed by atoms with E-state index in [0.29, 0.717) is 5.78 Å². The number of hydrogen-bond donors (Lipinski definition) is 1. The number of anilines is 2. The van der Waals surface area contributed by atoms with Gasteiger partial charge in [0.25, 0.3) is 0 Å². The van der Waals surface area contributed by atoms with Crippen molar-refractivity contribution in [2.45, 2.75) is 26.3 Å². The first-order valence-electron chi connectivity index (χ1n) is 9.77. The van der Waals surface area contributed by atoms with Crippen molar-refractivity contribution in [1.82, 2.24) is 9.88 Å². The zero-order chi connectivity index (χ0) is 19.3. The number of hydrogen-bond acceptors (Lipinski definition) is 5. The third-order valence-corrected chi connectivity index (χ3v) is 6.06. The van der Waals surface area contributed by atoms with E-state index in [-0.39, 0.29) is 5.92 Å². The van der Waals surface area contributed by atoms with Crippen LogP contribution in [0.1, 0.15) is 34.5 Å². The predicted octanol–water partition coefficient (Wildman–Crippen LogP) is 5.29. The van der Waals surface area contributed by atoms with Crippen LogP contribution in [0.5, 0.6) is 0 Å². The SMILES string of the molecule is Cc1ccc(Nc2nc(CN3CCC(C(=O)c4ccccc4)CC3)cs2)cc1. The van der Waals surface area contributed by atoms with Gasteiger partial charge in [0, 0.05) is 29.1 Å². The van der Waals surface area contributed by atoms with E-state index in [2.05, 4.69) is 46.8 Å². The predicted molar refractivity (Wildman–Crippen MR) is 115 cm³/mol. The summed E-state index contributed by atoms with van der Waals surface area (Å²) >= 11 is 1.64. The third-order valence-electron chi connectivity index (χ3n) is 5.26. The number of likely N-dealkylation sites (tertiary alicyclic amines) is 1. The van der Waals surface area contributed by atoms with Crippen LogP contribution < -0.4 is 5.32 Å². The highest BCUT2D eigenvalue weighted by Gasteiger charge is 2.26. The smallest absolute Gasteiger partial charge is 0.187 e. The van der Waals surface area contributed by atoms with Crippen molar-refractivity contribution in [2.75, 3.05) is 18.4 Å². The van der Waals surface area contributed by atoms with Crippen molar-refractivity contribution in [3.05, 3.63) is 76.8 Å². The Morgan fingerprint density at radius 1 is 1.11 bits per heavy atom. The molecule has 1 aromatic heterocycles. The van der Waals surface area contributed by atoms with E-state index in [1.807, 2.05) is 30.3 Å². The zero-order valence-corrected chi connectivity index (χ0v) is 16.9. The highest BCUT2D eigenvalue weighted by molar-refractivity contribution is 7.13. The summed E-state index contributed by atoms with van der Waals surface area (Å²) in [6, 6.07) is 18.0. The second kappa shape index (κ2) is 8.67. The molecule has 0 aliphatic carbocycles. The molecule has 28 heavy (non-hydrogen) atoms. The zero-order valence-electron chi connectivity index (χ0n) is 16.1. The van der Waals surface area contributed by atoms with Gasteiger partial charge in [0.15, 0.2) is 10.9 Å². The lowest BCUT2D eigenvalue weighted by molar-refractivity contribution is 0.0834. The minimum atomic E-state index is 0.146. The third kappa shape index (κ3) is 4.66. The van der Waals surface area contributed by atoms with Gasteiger partial charge in [-0.1, -0.05) is 48.0 Å². The molecule has 0 radical (unpaired) electrons. The van der Waals surface area contributed by atoms with Gasteiger partial charge < -0.3 is 5.32 Å². The lowest BCUT2D eigenvalue weighted by Gasteiger charge is -2.30. The molecular formula is C23H25N3OS. The van der Waals surface area contributed by atoms with E-state index >= 15 is 0 Å². The number of carbonyl (C=O) groups excluding carboxylic acids is 1. The number of aryl methyl sites for hydroxylation is 1. The van der Waals surface area contributed by atoms with Crippen LogP contribution >= 0.6 is 11.3 Å². The van der Waals surface area contributed by atoms with E-state index in [1.165, 1.54) is 5.56 Å². The van der Waals surface area contributed by atoms with Gasteiger partial charge in [0.1, 0.15) is 0 Å². The molecule has 4 rings (SSSR count). The normalized spacial score (nSPS) is 15.5. The molecule has 1 saturated heterocycles. The van der Waals surface area contributed by atoms with Crippen LogP contribution in [-0.4, -0.2) is 28.8 Å². The maximum atomic E-state index is 12.6. The number of thiazole rings is 1. The summed E-state index contributed by atoms with van der Waals surface area (Å²) in [7, 11) is 0. The summed E-state index contributed by atoms with van der Waals surface area (Å²) < 4.78 is 0. The van der Waals surface area contributed by atoms with E-state index in [9.17, 15) is 4.79 Å². The molecule has 0 unspecified atom stereocenters. The monoisotopic (exact) mass is 391 g/mol. The van der Waals surface area contributed by atoms with E-state index in [0.717, 1.165) is 54.6 Å². The van der Waals surface area contributed by atoms with Crippen molar-refractivity contribution in [3.63, 3.8) is 0 Å². The first-order valence-corrected chi connectivity index (χ1v) is 10.6. The van der Waals surface area contributed by atoms with Crippen LogP contribution in [0.25, 0.3) is 0 Å². The molecule has 5 heteroatoms. The second-order valence-electron chi connectivity index (χ2n) is 7.42. The van der Waals surface area contributed by atoms with E-state index in [1.54, 1.807) is 11.3 Å². The van der Waals surface area contributed by atoms with E-state index < -0.39 is 0 Å². The number of piperidine rings is 1. The fraction of sp³-hybridized carbons (Fsp3) is 0.304. The number of ketones is 1. The van der Waals surface area contributed by atoms with Crippen molar-refractivity contribution in [3.8, 4) is 0 Å². The largest absolute Gasteiger partial charge is 0.332 e. The van der Waals surface area contributed by atoms with Gasteiger partial charge in [0.2, 0.25) is 0 Å². The quantitative estimate of drug-likeness (QED) is 0.580. The fourth-order valence-corrected chi connectivity index (χ4v) is 4.34. The van der Waals surface area contributed by atoms with Crippen LogP contribution in [0, 0.1) is 12.8 Å². The lowest BCUT2D eigenvalue weighted by atomic mass is 9.89. The Hall–Kier alpha value is -2.50. The maximum absolute atomic E-state index is 12.6. The maximum Gasteiger partial charge on any atom is 0.187 e. The molecule has 4 nitrogen and oxygen atoms in total. The Morgan fingerprint density at radius 3 is 2.54 bits per heavy atom. The molecule has 0 atom stereocenters. The van der Waals surface area contributed by atoms with Crippen molar-refractivity contribution in [1.29, 1.82) is 0 Å². The number of benzene rings is 2. The van der Waals surface area contributed by atoms with Gasteiger partial charge in [-0.15, -0.1) is 11.3 Å². The number of nitrogens with zero attached hydrogens (tertiary/aromatic N) is 2. The van der Waals surface area contributed by atoms with Crippen LogP contribution in [0.15, 0.2) is 60.0 Å². The summed E-state index contributed by atoms with van der Waals surface area (Å²) in [4.78, 5) is 19.8. The molecule has 1 aliphatic rings. The highest BCUT2D eigenvalue weighted by Crippen LogP contribution is 2.25. The first kappa shape index (κ1) is 18.8. The molecule has 2 heterocycles. The summed E-state index contributed by atoms with van der Waals surface area (Å²) in [6.45, 7) is 4.82. The molecule has 0 amide bonds. The number of aromatic nitrogens is 1. The van der Waals surface area contributed by atoms with Gasteiger partial charge in [-0.2, -0.15) is 0 Å². The Labute approximate surface area is 170 Å². The average molecular weight is 392 g/mol. The number of carbonyl (C=O) groups is 1. The highest BCUT2D eigenvalue weighted by atomic mass is 32.1. The molecule has 2 aromatic carbocycles. The Bertz CT molecular complexity index is 913. The first-order chi connectivity index (χ1) is 13.7. The van der Waals surface area contributed by atoms with E-state index in [4.69, 9.17) is 4.98 Å². The van der Waals surface area contributed by atoms with Gasteiger partial charge in [-0.25, -0.2) is 4.98 Å². The van der Waals surface area contributed by atoms with Crippen molar-refractivity contribution in [2.24, 2.45) is 5.92 Å². The van der Waals surface area contributed by atoms with Gasteiger partial charge in [0.05, 0.1) is 5.69 Å². The molecule has 144 valence electrons. The minimum absolute atomic E-state index is 0.146. The number of rotatable bonds is 6. The van der Waals surface area contributed by atoms with Gasteiger partial charge in [-0.3, -0.25) is 9.69 Å². The molecular weight excluding hydrogens is 366 g/mol. The molecule has 1 fully saturated rings. The summed E-state index contributed by atoms with van der Waals surface area (Å²) in [5.41, 5.74) is 4.24. The molecule has 0 bridgehead atoms. The van der Waals surface area contributed by atoms with Crippen molar-refractivity contribution >= 4 is 27.9 Å². The van der Waals surface area contributed by atoms with Crippen molar-refractivity contribution < 1.29 is 4.79 Å². The van der Waals surface area contributed by atoms with Crippen LogP contribution in [-0.2, 0) is 6.54 Å². The number of Topliss-reactive ketones (excluding diaryl/α,β-unsaturated/α-hetero) is 1. The minimum Gasteiger partial charge on any atom is -0.332 e. The lowest BCUT2D eigenvalue weighted by Crippen LogP contribution is -2.36. The number of nitrogens with one attached hydrogen (secondary N) is 1. The van der Waals surface area contributed by atoms with Crippen LogP contribution in [0.2, 0.25) is 0 Å². The fourth-order valence-electron chi connectivity index (χ4n) is 3.62. The van der Waals surface area contributed by atoms with Gasteiger partial charge >= 0.3 is 0 Å². The molecule has 1 aliphatic heterocycles. The summed E-state index contributed by atoms with van der Waals surface area (Å²) in [5.74, 6) is 0.436. The molecule has 0 spiro atoms. The summed E-state index contributed by atoms with van der Waals surface area (Å²) in [5, 5.41) is 6.42. The topological polar surface area (TPSA) is 45.2 Å². The summed E-state index contributed by atoms with van der Waals surface area (Å²) in [6.07, 6.45) is 1.85.